The fourth-order valence-corrected chi connectivity index (χ4v) is 2.61. The van der Waals surface area contributed by atoms with E-state index in [-0.39, 0.29) is 17.9 Å². The topological polar surface area (TPSA) is 41.9 Å². The summed E-state index contributed by atoms with van der Waals surface area (Å²) in [5.74, 6) is -0.251. The molecule has 1 aliphatic heterocycles. The van der Waals surface area contributed by atoms with Crippen LogP contribution in [0.3, 0.4) is 0 Å². The van der Waals surface area contributed by atoms with Gasteiger partial charge >= 0.3 is 0 Å². The van der Waals surface area contributed by atoms with Crippen molar-refractivity contribution in [2.45, 2.75) is 40.2 Å². The third-order valence-electron chi connectivity index (χ3n) is 3.73. The number of oxime groups is 1. The minimum atomic E-state index is -0.400. The molecule has 4 nitrogen and oxygen atoms in total. The Hall–Kier alpha value is -1.62. The van der Waals surface area contributed by atoms with Gasteiger partial charge < -0.3 is 9.74 Å². The van der Waals surface area contributed by atoms with Crippen LogP contribution in [0.5, 0.6) is 0 Å². The Morgan fingerprint density at radius 2 is 2.00 bits per heavy atom. The van der Waals surface area contributed by atoms with E-state index in [1.165, 1.54) is 6.07 Å². The van der Waals surface area contributed by atoms with Gasteiger partial charge in [-0.25, -0.2) is 4.39 Å². The summed E-state index contributed by atoms with van der Waals surface area (Å²) < 4.78 is 13.6. The first kappa shape index (κ1) is 17.7. The monoisotopic (exact) mass is 340 g/mol. The SMILES string of the molecule is CC(C)(C)C(=O)N1CCC(=NOCc2c(F)cccc2Cl)CC1. The molecule has 1 aromatic rings. The standard InChI is InChI=1S/C17H22ClFN2O2/c1-17(2,3)16(22)21-9-7-12(8-10-21)20-23-11-13-14(18)5-4-6-15(13)19/h4-6H,7-11H2,1-3H3. The normalized spacial score (nSPS) is 15.5. The summed E-state index contributed by atoms with van der Waals surface area (Å²) in [4.78, 5) is 19.3. The molecule has 0 aliphatic carbocycles. The highest BCUT2D eigenvalue weighted by Gasteiger charge is 2.29. The fourth-order valence-electron chi connectivity index (χ4n) is 2.39. The van der Waals surface area contributed by atoms with E-state index in [0.717, 1.165) is 5.71 Å². The number of nitrogens with zero attached hydrogens (tertiary/aromatic N) is 2. The van der Waals surface area contributed by atoms with Crippen molar-refractivity contribution >= 4 is 23.2 Å². The van der Waals surface area contributed by atoms with E-state index >= 15 is 0 Å². The molecule has 1 aromatic carbocycles. The molecule has 0 bridgehead atoms. The van der Waals surface area contributed by atoms with Crippen molar-refractivity contribution in [3.63, 3.8) is 0 Å². The Balaban J connectivity index is 1.86. The molecule has 1 amide bonds. The average Bonchev–Trinajstić information content (AvgIpc) is 2.49. The van der Waals surface area contributed by atoms with Crippen LogP contribution in [0, 0.1) is 11.2 Å². The van der Waals surface area contributed by atoms with Gasteiger partial charge in [-0.1, -0.05) is 43.6 Å². The summed E-state index contributed by atoms with van der Waals surface area (Å²) in [6.45, 7) is 7.03. The van der Waals surface area contributed by atoms with Gasteiger partial charge in [0.15, 0.2) is 0 Å². The van der Waals surface area contributed by atoms with Gasteiger partial charge in [0.1, 0.15) is 12.4 Å². The quantitative estimate of drug-likeness (QED) is 0.780. The molecule has 1 heterocycles. The summed E-state index contributed by atoms with van der Waals surface area (Å²) in [6, 6.07) is 4.51. The summed E-state index contributed by atoms with van der Waals surface area (Å²) in [5, 5.41) is 4.40. The predicted octanol–water partition coefficient (Wildman–Crippen LogP) is 4.02. The van der Waals surface area contributed by atoms with Crippen LogP contribution in [0.1, 0.15) is 39.2 Å². The van der Waals surface area contributed by atoms with Crippen molar-refractivity contribution in [3.8, 4) is 0 Å². The average molecular weight is 341 g/mol. The molecule has 6 heteroatoms. The minimum absolute atomic E-state index is 0.000355. The van der Waals surface area contributed by atoms with Gasteiger partial charge in [0.25, 0.3) is 0 Å². The summed E-state index contributed by atoms with van der Waals surface area (Å²) in [6.07, 6.45) is 1.35. The van der Waals surface area contributed by atoms with E-state index in [0.29, 0.717) is 36.5 Å². The first-order chi connectivity index (χ1) is 10.8. The summed E-state index contributed by atoms with van der Waals surface area (Å²) >= 11 is 5.94. The number of halogens is 2. The lowest BCUT2D eigenvalue weighted by Gasteiger charge is -2.32. The lowest BCUT2D eigenvalue weighted by atomic mass is 9.93. The Bertz CT molecular complexity index is 581. The number of amides is 1. The summed E-state index contributed by atoms with van der Waals surface area (Å²) in [5.41, 5.74) is 0.821. The fraction of sp³-hybridized carbons (Fsp3) is 0.529. The van der Waals surface area contributed by atoms with E-state index in [1.54, 1.807) is 12.1 Å². The van der Waals surface area contributed by atoms with Crippen molar-refractivity contribution < 1.29 is 14.0 Å². The first-order valence-electron chi connectivity index (χ1n) is 7.69. The zero-order chi connectivity index (χ0) is 17.0. The van der Waals surface area contributed by atoms with Crippen molar-refractivity contribution in [1.82, 2.24) is 4.90 Å². The second kappa shape index (κ2) is 7.30. The molecule has 1 fully saturated rings. The van der Waals surface area contributed by atoms with Gasteiger partial charge in [-0.2, -0.15) is 0 Å². The molecule has 1 saturated heterocycles. The molecular formula is C17H22ClFN2O2. The third-order valence-corrected chi connectivity index (χ3v) is 4.09. The van der Waals surface area contributed by atoms with Crippen LogP contribution >= 0.6 is 11.6 Å². The highest BCUT2D eigenvalue weighted by Crippen LogP contribution is 2.21. The van der Waals surface area contributed by atoms with Gasteiger partial charge in [-0.3, -0.25) is 4.79 Å². The zero-order valence-electron chi connectivity index (χ0n) is 13.7. The number of carbonyl (C=O) groups is 1. The maximum atomic E-state index is 13.6. The maximum Gasteiger partial charge on any atom is 0.227 e. The lowest BCUT2D eigenvalue weighted by Crippen LogP contribution is -2.44. The first-order valence-corrected chi connectivity index (χ1v) is 8.07. The number of rotatable bonds is 3. The molecule has 0 unspecified atom stereocenters. The molecule has 126 valence electrons. The Kier molecular flexibility index (Phi) is 5.63. The maximum absolute atomic E-state index is 13.6. The van der Waals surface area contributed by atoms with Crippen LogP contribution < -0.4 is 0 Å². The smallest absolute Gasteiger partial charge is 0.227 e. The molecule has 2 rings (SSSR count). The Morgan fingerprint density at radius 3 is 2.57 bits per heavy atom. The zero-order valence-corrected chi connectivity index (χ0v) is 14.5. The van der Waals surface area contributed by atoms with E-state index in [1.807, 2.05) is 25.7 Å². The Labute approximate surface area is 141 Å². The van der Waals surface area contributed by atoms with E-state index in [2.05, 4.69) is 5.16 Å². The second-order valence-electron chi connectivity index (χ2n) is 6.67. The molecule has 1 aliphatic rings. The highest BCUT2D eigenvalue weighted by molar-refractivity contribution is 6.31. The van der Waals surface area contributed by atoms with Crippen LogP contribution in [-0.2, 0) is 16.2 Å². The number of carbonyl (C=O) groups excluding carboxylic acids is 1. The number of hydrogen-bond donors (Lipinski definition) is 0. The van der Waals surface area contributed by atoms with Gasteiger partial charge in [0, 0.05) is 36.9 Å². The minimum Gasteiger partial charge on any atom is -0.391 e. The van der Waals surface area contributed by atoms with Crippen molar-refractivity contribution in [2.24, 2.45) is 10.6 Å². The number of likely N-dealkylation sites (tertiary alicyclic amines) is 1. The summed E-state index contributed by atoms with van der Waals surface area (Å²) in [7, 11) is 0. The van der Waals surface area contributed by atoms with Gasteiger partial charge in [-0.15, -0.1) is 0 Å². The number of hydrogen-bond acceptors (Lipinski definition) is 3. The number of benzene rings is 1. The van der Waals surface area contributed by atoms with E-state index in [4.69, 9.17) is 16.4 Å². The van der Waals surface area contributed by atoms with Crippen LogP contribution in [0.25, 0.3) is 0 Å². The molecular weight excluding hydrogens is 319 g/mol. The molecule has 0 N–H and O–H groups in total. The lowest BCUT2D eigenvalue weighted by molar-refractivity contribution is -0.139. The van der Waals surface area contributed by atoms with Crippen LogP contribution in [0.4, 0.5) is 4.39 Å². The second-order valence-corrected chi connectivity index (χ2v) is 7.08. The van der Waals surface area contributed by atoms with Crippen LogP contribution in [0.2, 0.25) is 5.02 Å². The largest absolute Gasteiger partial charge is 0.391 e. The van der Waals surface area contributed by atoms with Crippen LogP contribution in [-0.4, -0.2) is 29.6 Å². The third kappa shape index (κ3) is 4.67. The van der Waals surface area contributed by atoms with Gasteiger partial charge in [0.2, 0.25) is 5.91 Å². The molecule has 0 radical (unpaired) electrons. The van der Waals surface area contributed by atoms with Crippen molar-refractivity contribution in [3.05, 3.63) is 34.6 Å². The van der Waals surface area contributed by atoms with Crippen LogP contribution in [0.15, 0.2) is 23.4 Å². The molecule has 0 saturated carbocycles. The predicted molar refractivity (Wildman–Crippen MR) is 88.9 cm³/mol. The molecule has 23 heavy (non-hydrogen) atoms. The number of piperidine rings is 1. The van der Waals surface area contributed by atoms with E-state index < -0.39 is 5.82 Å². The van der Waals surface area contributed by atoms with Gasteiger partial charge in [-0.05, 0) is 12.1 Å². The van der Waals surface area contributed by atoms with E-state index in [9.17, 15) is 9.18 Å². The molecule has 0 aromatic heterocycles. The molecule has 0 spiro atoms. The van der Waals surface area contributed by atoms with Crippen molar-refractivity contribution in [2.75, 3.05) is 13.1 Å². The molecule has 0 atom stereocenters. The van der Waals surface area contributed by atoms with Crippen molar-refractivity contribution in [1.29, 1.82) is 0 Å². The highest BCUT2D eigenvalue weighted by atomic mass is 35.5. The Morgan fingerprint density at radius 1 is 1.35 bits per heavy atom. The van der Waals surface area contributed by atoms with Gasteiger partial charge in [0.05, 0.1) is 10.7 Å².